The lowest BCUT2D eigenvalue weighted by atomic mass is 10.0. The minimum Gasteiger partial charge on any atom is -0.461 e. The van der Waals surface area contributed by atoms with Crippen LogP contribution in [0.3, 0.4) is 0 Å². The van der Waals surface area contributed by atoms with E-state index >= 15 is 0 Å². The van der Waals surface area contributed by atoms with Crippen molar-refractivity contribution in [1.82, 2.24) is 14.9 Å². The van der Waals surface area contributed by atoms with Gasteiger partial charge in [0.05, 0.1) is 18.3 Å². The molecule has 1 amide bonds. The Balaban J connectivity index is 1.32. The Morgan fingerprint density at radius 3 is 2.84 bits per heavy atom. The molecular weight excluding hydrogens is 554 g/mol. The highest BCUT2D eigenvalue weighted by atomic mass is 19.1. The van der Waals surface area contributed by atoms with Crippen LogP contribution in [0, 0.1) is 12.4 Å². The molecule has 11 heteroatoms. The van der Waals surface area contributed by atoms with Gasteiger partial charge in [0.15, 0.2) is 5.83 Å². The maximum atomic E-state index is 14.2. The van der Waals surface area contributed by atoms with Gasteiger partial charge in [-0.25, -0.2) is 15.4 Å². The number of rotatable bonds is 7. The van der Waals surface area contributed by atoms with Crippen molar-refractivity contribution in [3.05, 3.63) is 77.3 Å². The summed E-state index contributed by atoms with van der Waals surface area (Å²) in [6.07, 6.45) is 3.65. The minimum atomic E-state index is -1.03. The SMILES string of the molecule is [C-]#[N+]C[C@H]1CN(c2nc(OCC3CCCCO3)nc3c2CCN(c2cccc4ccc(F)cc24)C3)CCN1C(=O)C(=C)F. The Labute approximate surface area is 249 Å². The molecular formula is C32H34F2N6O3. The number of fused-ring (bicyclic) bond motifs is 2. The molecule has 0 N–H and O–H groups in total. The van der Waals surface area contributed by atoms with Gasteiger partial charge in [-0.2, -0.15) is 9.97 Å². The summed E-state index contributed by atoms with van der Waals surface area (Å²) in [6.45, 7) is 13.8. The Kier molecular flexibility index (Phi) is 8.38. The fourth-order valence-electron chi connectivity index (χ4n) is 6.26. The Bertz CT molecular complexity index is 1570. The molecule has 9 nitrogen and oxygen atoms in total. The molecule has 4 heterocycles. The third-order valence-corrected chi connectivity index (χ3v) is 8.43. The van der Waals surface area contributed by atoms with Crippen LogP contribution in [0.2, 0.25) is 0 Å². The van der Waals surface area contributed by atoms with E-state index < -0.39 is 17.8 Å². The van der Waals surface area contributed by atoms with Crippen LogP contribution in [0.15, 0.2) is 48.8 Å². The van der Waals surface area contributed by atoms with E-state index in [1.165, 1.54) is 11.0 Å². The lowest BCUT2D eigenvalue weighted by molar-refractivity contribution is -0.131. The maximum Gasteiger partial charge on any atom is 0.318 e. The van der Waals surface area contributed by atoms with E-state index in [2.05, 4.69) is 16.3 Å². The highest BCUT2D eigenvalue weighted by Crippen LogP contribution is 2.35. The number of carbonyl (C=O) groups is 1. The number of carbonyl (C=O) groups excluding carboxylic acids is 1. The Morgan fingerprint density at radius 1 is 1.16 bits per heavy atom. The molecule has 0 aliphatic carbocycles. The molecule has 3 aromatic rings. The minimum absolute atomic E-state index is 0.0229. The van der Waals surface area contributed by atoms with Crippen LogP contribution in [0.5, 0.6) is 6.01 Å². The average Bonchev–Trinajstić information content (AvgIpc) is 3.03. The van der Waals surface area contributed by atoms with Gasteiger partial charge in [-0.05, 0) is 49.3 Å². The number of amides is 1. The van der Waals surface area contributed by atoms with Crippen LogP contribution in [0.1, 0.15) is 30.5 Å². The van der Waals surface area contributed by atoms with E-state index in [1.54, 1.807) is 12.1 Å². The number of anilines is 2. The topological polar surface area (TPSA) is 75.4 Å². The van der Waals surface area contributed by atoms with Crippen LogP contribution in [0.4, 0.5) is 20.3 Å². The summed E-state index contributed by atoms with van der Waals surface area (Å²) >= 11 is 0. The van der Waals surface area contributed by atoms with E-state index in [9.17, 15) is 13.6 Å². The summed E-state index contributed by atoms with van der Waals surface area (Å²) in [4.78, 5) is 31.3. The van der Waals surface area contributed by atoms with Gasteiger partial charge >= 0.3 is 6.01 Å². The van der Waals surface area contributed by atoms with Crippen molar-refractivity contribution >= 4 is 28.2 Å². The van der Waals surface area contributed by atoms with Crippen molar-refractivity contribution in [2.45, 2.75) is 44.4 Å². The largest absolute Gasteiger partial charge is 0.461 e. The van der Waals surface area contributed by atoms with Crippen molar-refractivity contribution in [2.75, 3.05) is 55.7 Å². The molecule has 2 fully saturated rings. The second-order valence-electron chi connectivity index (χ2n) is 11.2. The van der Waals surface area contributed by atoms with Gasteiger partial charge < -0.3 is 29.0 Å². The summed E-state index contributed by atoms with van der Waals surface area (Å²) in [7, 11) is 0. The average molecular weight is 589 g/mol. The first-order valence-corrected chi connectivity index (χ1v) is 14.7. The van der Waals surface area contributed by atoms with E-state index in [1.807, 2.05) is 23.1 Å². The standard InChI is InChI=1S/C32H34F2N6O3/c1-21(33)31(41)40-14-13-39(18-24(40)17-35-2)30-26-11-12-38(29-8-5-6-22-9-10-23(34)16-27(22)29)19-28(26)36-32(37-30)43-20-25-7-3-4-15-42-25/h5-6,8-10,16,24-25H,1,3-4,7,11-15,17-20H2/t24-,25?/m0/s1. The van der Waals surface area contributed by atoms with Crippen molar-refractivity contribution < 1.29 is 23.0 Å². The van der Waals surface area contributed by atoms with Crippen molar-refractivity contribution in [3.63, 3.8) is 0 Å². The first-order chi connectivity index (χ1) is 20.9. The molecule has 2 saturated heterocycles. The van der Waals surface area contributed by atoms with Crippen molar-refractivity contribution in [2.24, 2.45) is 0 Å². The highest BCUT2D eigenvalue weighted by Gasteiger charge is 2.36. The van der Waals surface area contributed by atoms with Crippen LogP contribution < -0.4 is 14.5 Å². The molecule has 0 saturated carbocycles. The zero-order chi connectivity index (χ0) is 29.9. The number of halogens is 2. The van der Waals surface area contributed by atoms with Crippen molar-refractivity contribution in [1.29, 1.82) is 0 Å². The molecule has 1 aromatic heterocycles. The van der Waals surface area contributed by atoms with Crippen LogP contribution in [0.25, 0.3) is 15.6 Å². The lowest BCUT2D eigenvalue weighted by Crippen LogP contribution is -2.57. The molecule has 3 aliphatic rings. The highest BCUT2D eigenvalue weighted by molar-refractivity contribution is 5.94. The Hall–Kier alpha value is -4.30. The van der Waals surface area contributed by atoms with Gasteiger partial charge in [0.2, 0.25) is 6.54 Å². The lowest BCUT2D eigenvalue weighted by Gasteiger charge is -2.41. The van der Waals surface area contributed by atoms with Crippen molar-refractivity contribution in [3.8, 4) is 6.01 Å². The van der Waals surface area contributed by atoms with Crippen LogP contribution in [-0.2, 0) is 22.5 Å². The number of ether oxygens (including phenoxy) is 2. The second-order valence-corrected chi connectivity index (χ2v) is 11.2. The van der Waals surface area contributed by atoms with E-state index in [0.29, 0.717) is 51.6 Å². The molecule has 224 valence electrons. The molecule has 6 rings (SSSR count). The van der Waals surface area contributed by atoms with Gasteiger partial charge in [0, 0.05) is 49.4 Å². The third-order valence-electron chi connectivity index (χ3n) is 8.43. The van der Waals surface area contributed by atoms with Crippen LogP contribution >= 0.6 is 0 Å². The van der Waals surface area contributed by atoms with Gasteiger partial charge in [-0.1, -0.05) is 24.8 Å². The predicted octanol–water partition coefficient (Wildman–Crippen LogP) is 4.70. The van der Waals surface area contributed by atoms with Gasteiger partial charge in [0.25, 0.3) is 5.91 Å². The van der Waals surface area contributed by atoms with Crippen LogP contribution in [-0.4, -0.2) is 78.9 Å². The van der Waals surface area contributed by atoms with Gasteiger partial charge in [-0.3, -0.25) is 4.79 Å². The van der Waals surface area contributed by atoms with E-state index in [0.717, 1.165) is 47.0 Å². The fourth-order valence-corrected chi connectivity index (χ4v) is 6.26. The second kappa shape index (κ2) is 12.5. The number of hydrogen-bond donors (Lipinski definition) is 0. The molecule has 3 aliphatic heterocycles. The quantitative estimate of drug-likeness (QED) is 0.293. The zero-order valence-electron chi connectivity index (χ0n) is 24.0. The summed E-state index contributed by atoms with van der Waals surface area (Å²) in [6, 6.07) is 10.5. The number of nitrogens with zero attached hydrogens (tertiary/aromatic N) is 6. The number of hydrogen-bond acceptors (Lipinski definition) is 7. The zero-order valence-corrected chi connectivity index (χ0v) is 24.0. The summed E-state index contributed by atoms with van der Waals surface area (Å²) < 4.78 is 40.0. The van der Waals surface area contributed by atoms with E-state index in [-0.39, 0.29) is 31.0 Å². The molecule has 0 radical (unpaired) electrons. The first kappa shape index (κ1) is 28.8. The normalized spacial score (nSPS) is 20.4. The molecule has 43 heavy (non-hydrogen) atoms. The number of benzene rings is 2. The molecule has 2 atom stereocenters. The number of aromatic nitrogens is 2. The third kappa shape index (κ3) is 6.11. The summed E-state index contributed by atoms with van der Waals surface area (Å²) in [5.41, 5.74) is 2.71. The smallest absolute Gasteiger partial charge is 0.318 e. The van der Waals surface area contributed by atoms with Gasteiger partial charge in [-0.15, -0.1) is 0 Å². The molecule has 0 bridgehead atoms. The van der Waals surface area contributed by atoms with E-state index in [4.69, 9.17) is 26.0 Å². The molecule has 0 spiro atoms. The fraction of sp³-hybridized carbons (Fsp3) is 0.438. The Morgan fingerprint density at radius 2 is 2.05 bits per heavy atom. The number of piperazine rings is 1. The maximum absolute atomic E-state index is 14.2. The van der Waals surface area contributed by atoms with Gasteiger partial charge in [0.1, 0.15) is 24.3 Å². The monoisotopic (exact) mass is 588 g/mol. The summed E-state index contributed by atoms with van der Waals surface area (Å²) in [5.74, 6) is -1.39. The molecule has 1 unspecified atom stereocenters. The summed E-state index contributed by atoms with van der Waals surface area (Å²) in [5, 5.41) is 1.79. The first-order valence-electron chi connectivity index (χ1n) is 14.7. The predicted molar refractivity (Wildman–Crippen MR) is 159 cm³/mol. The molecule has 2 aromatic carbocycles.